The van der Waals surface area contributed by atoms with Crippen LogP contribution in [-0.2, 0) is 0 Å². The summed E-state index contributed by atoms with van der Waals surface area (Å²) < 4.78 is 0. The number of hydrogen-bond donors (Lipinski definition) is 1. The lowest BCUT2D eigenvalue weighted by atomic mass is 10.0. The summed E-state index contributed by atoms with van der Waals surface area (Å²) in [6.07, 6.45) is 1.39. The van der Waals surface area contributed by atoms with Gasteiger partial charge in [-0.3, -0.25) is 0 Å². The standard InChI is InChI=1S/C19H13NO/c21-20-14-16-6-3-5-15(13-16)11-12-18-9-4-8-17-7-1-2-10-19(17)18/h1-10,13-14,21H/b20-14+. The maximum Gasteiger partial charge on any atom is 0.0734 e. The molecule has 2 heteroatoms. The van der Waals surface area contributed by atoms with E-state index in [-0.39, 0.29) is 0 Å². The predicted molar refractivity (Wildman–Crippen MR) is 85.8 cm³/mol. The number of nitrogens with zero attached hydrogens (tertiary/aromatic N) is 1. The average Bonchev–Trinajstić information content (AvgIpc) is 2.53. The zero-order valence-electron chi connectivity index (χ0n) is 11.3. The van der Waals surface area contributed by atoms with Crippen molar-refractivity contribution in [3.05, 3.63) is 83.4 Å². The zero-order chi connectivity index (χ0) is 14.5. The first-order valence-electron chi connectivity index (χ1n) is 6.64. The molecule has 0 unspecified atom stereocenters. The summed E-state index contributed by atoms with van der Waals surface area (Å²) in [5, 5.41) is 13.9. The smallest absolute Gasteiger partial charge is 0.0734 e. The Bertz CT molecular complexity index is 864. The molecule has 0 aliphatic carbocycles. The Hall–Kier alpha value is -3.05. The van der Waals surface area contributed by atoms with Crippen LogP contribution in [0.25, 0.3) is 10.8 Å². The molecule has 0 atom stereocenters. The van der Waals surface area contributed by atoms with Crippen molar-refractivity contribution in [2.24, 2.45) is 5.16 Å². The van der Waals surface area contributed by atoms with E-state index in [1.165, 1.54) is 11.6 Å². The molecule has 100 valence electrons. The van der Waals surface area contributed by atoms with Gasteiger partial charge in [0.05, 0.1) is 6.21 Å². The van der Waals surface area contributed by atoms with Gasteiger partial charge in [0.15, 0.2) is 0 Å². The number of fused-ring (bicyclic) bond motifs is 1. The van der Waals surface area contributed by atoms with Crippen molar-refractivity contribution >= 4 is 17.0 Å². The van der Waals surface area contributed by atoms with E-state index in [1.54, 1.807) is 0 Å². The van der Waals surface area contributed by atoms with Gasteiger partial charge in [-0.2, -0.15) is 0 Å². The second kappa shape index (κ2) is 5.94. The van der Waals surface area contributed by atoms with E-state index >= 15 is 0 Å². The van der Waals surface area contributed by atoms with Gasteiger partial charge in [0.2, 0.25) is 0 Å². The number of rotatable bonds is 1. The molecule has 0 saturated carbocycles. The van der Waals surface area contributed by atoms with E-state index in [2.05, 4.69) is 35.2 Å². The molecule has 0 aromatic heterocycles. The molecule has 0 fully saturated rings. The van der Waals surface area contributed by atoms with Gasteiger partial charge >= 0.3 is 0 Å². The van der Waals surface area contributed by atoms with E-state index in [1.807, 2.05) is 48.5 Å². The second-order valence-electron chi connectivity index (χ2n) is 4.65. The molecule has 2 nitrogen and oxygen atoms in total. The highest BCUT2D eigenvalue weighted by Crippen LogP contribution is 2.17. The van der Waals surface area contributed by atoms with E-state index < -0.39 is 0 Å². The molecule has 3 rings (SSSR count). The number of benzene rings is 3. The van der Waals surface area contributed by atoms with Crippen molar-refractivity contribution in [2.75, 3.05) is 0 Å². The summed E-state index contributed by atoms with van der Waals surface area (Å²) in [6, 6.07) is 21.9. The van der Waals surface area contributed by atoms with Crippen LogP contribution in [0.15, 0.2) is 71.9 Å². The van der Waals surface area contributed by atoms with Crippen molar-refractivity contribution < 1.29 is 5.21 Å². The van der Waals surface area contributed by atoms with Gasteiger partial charge in [0.1, 0.15) is 0 Å². The van der Waals surface area contributed by atoms with Crippen LogP contribution in [0.1, 0.15) is 16.7 Å². The third kappa shape index (κ3) is 2.93. The summed E-state index contributed by atoms with van der Waals surface area (Å²) in [4.78, 5) is 0. The summed E-state index contributed by atoms with van der Waals surface area (Å²) in [7, 11) is 0. The lowest BCUT2D eigenvalue weighted by molar-refractivity contribution is 0.322. The van der Waals surface area contributed by atoms with Crippen LogP contribution < -0.4 is 0 Å². The van der Waals surface area contributed by atoms with Crippen molar-refractivity contribution in [3.8, 4) is 11.8 Å². The molecule has 0 amide bonds. The largest absolute Gasteiger partial charge is 0.411 e. The first-order valence-corrected chi connectivity index (χ1v) is 6.64. The summed E-state index contributed by atoms with van der Waals surface area (Å²) in [5.74, 6) is 6.37. The van der Waals surface area contributed by atoms with E-state index in [9.17, 15) is 0 Å². The molecular weight excluding hydrogens is 258 g/mol. The molecular formula is C19H13NO. The monoisotopic (exact) mass is 271 g/mol. The quantitative estimate of drug-likeness (QED) is 0.308. The molecule has 0 radical (unpaired) electrons. The van der Waals surface area contributed by atoms with Gasteiger partial charge in [-0.15, -0.1) is 0 Å². The fraction of sp³-hybridized carbons (Fsp3) is 0. The van der Waals surface area contributed by atoms with Gasteiger partial charge in [0.25, 0.3) is 0 Å². The third-order valence-electron chi connectivity index (χ3n) is 3.22. The highest BCUT2D eigenvalue weighted by atomic mass is 16.4. The van der Waals surface area contributed by atoms with E-state index in [0.717, 1.165) is 22.1 Å². The Morgan fingerprint density at radius 3 is 2.57 bits per heavy atom. The second-order valence-corrected chi connectivity index (χ2v) is 4.65. The van der Waals surface area contributed by atoms with Gasteiger partial charge in [-0.25, -0.2) is 0 Å². The molecule has 1 N–H and O–H groups in total. The Morgan fingerprint density at radius 2 is 1.67 bits per heavy atom. The Balaban J connectivity index is 2.02. The van der Waals surface area contributed by atoms with Gasteiger partial charge in [-0.1, -0.05) is 65.5 Å². The lowest BCUT2D eigenvalue weighted by Gasteiger charge is -1.99. The molecule has 21 heavy (non-hydrogen) atoms. The van der Waals surface area contributed by atoms with Crippen LogP contribution in [0.3, 0.4) is 0 Å². The molecule has 3 aromatic carbocycles. The minimum Gasteiger partial charge on any atom is -0.411 e. The minimum absolute atomic E-state index is 0.821. The highest BCUT2D eigenvalue weighted by Gasteiger charge is 1.96. The van der Waals surface area contributed by atoms with Crippen LogP contribution in [0.5, 0.6) is 0 Å². The Kier molecular flexibility index (Phi) is 3.66. The Morgan fingerprint density at radius 1 is 0.857 bits per heavy atom. The van der Waals surface area contributed by atoms with Crippen LogP contribution in [0.4, 0.5) is 0 Å². The fourth-order valence-corrected chi connectivity index (χ4v) is 2.24. The van der Waals surface area contributed by atoms with Crippen molar-refractivity contribution in [2.45, 2.75) is 0 Å². The molecule has 0 heterocycles. The number of oxime groups is 1. The molecule has 0 saturated heterocycles. The van der Waals surface area contributed by atoms with E-state index in [4.69, 9.17) is 5.21 Å². The molecule has 0 bridgehead atoms. The number of hydrogen-bond acceptors (Lipinski definition) is 2. The van der Waals surface area contributed by atoms with Crippen LogP contribution in [0, 0.1) is 11.8 Å². The first-order chi connectivity index (χ1) is 10.4. The molecule has 3 aromatic rings. The molecule has 0 aliphatic heterocycles. The van der Waals surface area contributed by atoms with Crippen molar-refractivity contribution in [1.82, 2.24) is 0 Å². The summed E-state index contributed by atoms with van der Waals surface area (Å²) in [5.41, 5.74) is 2.72. The predicted octanol–water partition coefficient (Wildman–Crippen LogP) is 4.05. The Labute approximate surface area is 123 Å². The zero-order valence-corrected chi connectivity index (χ0v) is 11.3. The molecule has 0 aliphatic rings. The summed E-state index contributed by atoms with van der Waals surface area (Å²) >= 11 is 0. The van der Waals surface area contributed by atoms with Gasteiger partial charge < -0.3 is 5.21 Å². The summed E-state index contributed by atoms with van der Waals surface area (Å²) in [6.45, 7) is 0. The van der Waals surface area contributed by atoms with Crippen LogP contribution in [0.2, 0.25) is 0 Å². The van der Waals surface area contributed by atoms with Gasteiger partial charge in [0, 0.05) is 11.1 Å². The minimum atomic E-state index is 0.821. The highest BCUT2D eigenvalue weighted by molar-refractivity contribution is 5.88. The van der Waals surface area contributed by atoms with E-state index in [0.29, 0.717) is 0 Å². The van der Waals surface area contributed by atoms with Gasteiger partial charge in [-0.05, 0) is 34.5 Å². The lowest BCUT2D eigenvalue weighted by Crippen LogP contribution is -1.83. The molecule has 0 spiro atoms. The fourth-order valence-electron chi connectivity index (χ4n) is 2.24. The maximum atomic E-state index is 8.57. The van der Waals surface area contributed by atoms with Crippen molar-refractivity contribution in [1.29, 1.82) is 0 Å². The maximum absolute atomic E-state index is 8.57. The normalized spacial score (nSPS) is 10.5. The first kappa shape index (κ1) is 13.0. The van der Waals surface area contributed by atoms with Crippen LogP contribution in [-0.4, -0.2) is 11.4 Å². The van der Waals surface area contributed by atoms with Crippen molar-refractivity contribution in [3.63, 3.8) is 0 Å². The SMILES string of the molecule is O/N=C/c1cccc(C#Cc2cccc3ccccc23)c1. The average molecular weight is 271 g/mol. The topological polar surface area (TPSA) is 32.6 Å². The third-order valence-corrected chi connectivity index (χ3v) is 3.22. The van der Waals surface area contributed by atoms with Crippen LogP contribution >= 0.6 is 0 Å².